The monoisotopic (exact) mass is 352 g/mol. The molecule has 0 saturated carbocycles. The molecule has 0 unspecified atom stereocenters. The maximum absolute atomic E-state index is 13.0. The lowest BCUT2D eigenvalue weighted by atomic mass is 9.93. The summed E-state index contributed by atoms with van der Waals surface area (Å²) in [5, 5.41) is 0. The Morgan fingerprint density at radius 2 is 2.08 bits per heavy atom. The summed E-state index contributed by atoms with van der Waals surface area (Å²) in [6, 6.07) is 1.83. The number of nitrogens with zero attached hydrogens (tertiary/aromatic N) is 3. The standard InChI is InChI=1S/C20H24N4O2/c1-13-10-21-11-18(22-13)15-6-4-8-24(12-15)20(26)16-9-14-5-2-3-7-17(14)23-19(16)25/h9-11,15H,2-8,12H2,1H3,(H,23,25)/t15-/m0/s1. The van der Waals surface area contributed by atoms with E-state index >= 15 is 0 Å². The van der Waals surface area contributed by atoms with Gasteiger partial charge in [-0.15, -0.1) is 0 Å². The molecular formula is C20H24N4O2. The van der Waals surface area contributed by atoms with Gasteiger partial charge in [0.2, 0.25) is 0 Å². The number of carbonyl (C=O) groups is 1. The molecule has 0 bridgehead atoms. The average Bonchev–Trinajstić information content (AvgIpc) is 2.67. The van der Waals surface area contributed by atoms with Crippen LogP contribution in [0.4, 0.5) is 0 Å². The summed E-state index contributed by atoms with van der Waals surface area (Å²) < 4.78 is 0. The maximum atomic E-state index is 13.0. The maximum Gasteiger partial charge on any atom is 0.261 e. The van der Waals surface area contributed by atoms with E-state index in [4.69, 9.17) is 0 Å². The Labute approximate surface area is 152 Å². The number of amides is 1. The third kappa shape index (κ3) is 3.28. The first-order valence-corrected chi connectivity index (χ1v) is 9.44. The van der Waals surface area contributed by atoms with Crippen LogP contribution in [0.5, 0.6) is 0 Å². The van der Waals surface area contributed by atoms with Gasteiger partial charge in [0.25, 0.3) is 11.5 Å². The van der Waals surface area contributed by atoms with Gasteiger partial charge in [0.05, 0.1) is 11.4 Å². The summed E-state index contributed by atoms with van der Waals surface area (Å²) in [6.07, 6.45) is 9.48. The lowest BCUT2D eigenvalue weighted by Crippen LogP contribution is -2.41. The van der Waals surface area contributed by atoms with Crippen molar-refractivity contribution < 1.29 is 4.79 Å². The molecule has 2 aromatic rings. The number of piperidine rings is 1. The normalized spacial score (nSPS) is 19.9. The Hall–Kier alpha value is -2.50. The SMILES string of the molecule is Cc1cncc([C@H]2CCCN(C(=O)c3cc4c([nH]c3=O)CCCC4)C2)n1. The number of nitrogens with one attached hydrogen (secondary N) is 1. The van der Waals surface area contributed by atoms with E-state index in [9.17, 15) is 9.59 Å². The number of H-pyrrole nitrogens is 1. The zero-order chi connectivity index (χ0) is 18.1. The Morgan fingerprint density at radius 1 is 1.23 bits per heavy atom. The third-order valence-corrected chi connectivity index (χ3v) is 5.47. The predicted molar refractivity (Wildman–Crippen MR) is 98.4 cm³/mol. The van der Waals surface area contributed by atoms with Crippen LogP contribution in [-0.4, -0.2) is 38.8 Å². The van der Waals surface area contributed by atoms with Gasteiger partial charge in [0, 0.05) is 37.1 Å². The van der Waals surface area contributed by atoms with Gasteiger partial charge >= 0.3 is 0 Å². The number of hydrogen-bond donors (Lipinski definition) is 1. The van der Waals surface area contributed by atoms with Crippen molar-refractivity contribution in [3.8, 4) is 0 Å². The van der Waals surface area contributed by atoms with Crippen LogP contribution < -0.4 is 5.56 Å². The largest absolute Gasteiger partial charge is 0.338 e. The molecule has 1 atom stereocenters. The second kappa shape index (κ2) is 7.02. The van der Waals surface area contributed by atoms with Gasteiger partial charge in [-0.05, 0) is 57.1 Å². The van der Waals surface area contributed by atoms with Crippen molar-refractivity contribution in [2.75, 3.05) is 13.1 Å². The van der Waals surface area contributed by atoms with E-state index in [-0.39, 0.29) is 22.9 Å². The highest BCUT2D eigenvalue weighted by molar-refractivity contribution is 5.94. The molecule has 2 aromatic heterocycles. The topological polar surface area (TPSA) is 79.0 Å². The lowest BCUT2D eigenvalue weighted by Gasteiger charge is -2.32. The van der Waals surface area contributed by atoms with E-state index in [1.54, 1.807) is 17.3 Å². The van der Waals surface area contributed by atoms with E-state index in [1.165, 1.54) is 0 Å². The highest BCUT2D eigenvalue weighted by Gasteiger charge is 2.28. The highest BCUT2D eigenvalue weighted by Crippen LogP contribution is 2.26. The van der Waals surface area contributed by atoms with Gasteiger partial charge in [0.1, 0.15) is 5.56 Å². The number of likely N-dealkylation sites (tertiary alicyclic amines) is 1. The first-order chi connectivity index (χ1) is 12.6. The third-order valence-electron chi connectivity index (χ3n) is 5.47. The molecule has 1 amide bonds. The molecule has 2 aliphatic rings. The van der Waals surface area contributed by atoms with Crippen molar-refractivity contribution in [2.45, 2.75) is 51.4 Å². The summed E-state index contributed by atoms with van der Waals surface area (Å²) in [5.41, 5.74) is 3.97. The van der Waals surface area contributed by atoms with Gasteiger partial charge in [0.15, 0.2) is 0 Å². The van der Waals surface area contributed by atoms with Crippen molar-refractivity contribution in [3.63, 3.8) is 0 Å². The molecule has 6 heteroatoms. The molecule has 0 spiro atoms. The predicted octanol–water partition coefficient (Wildman–Crippen LogP) is 2.37. The second-order valence-electron chi connectivity index (χ2n) is 7.40. The van der Waals surface area contributed by atoms with Crippen LogP contribution in [0.1, 0.15) is 64.6 Å². The molecule has 4 rings (SSSR count). The van der Waals surface area contributed by atoms with E-state index in [0.29, 0.717) is 13.1 Å². The zero-order valence-corrected chi connectivity index (χ0v) is 15.1. The summed E-state index contributed by atoms with van der Waals surface area (Å²) in [7, 11) is 0. The summed E-state index contributed by atoms with van der Waals surface area (Å²) >= 11 is 0. The van der Waals surface area contributed by atoms with E-state index in [1.807, 2.05) is 13.0 Å². The number of rotatable bonds is 2. The number of fused-ring (bicyclic) bond motifs is 1. The molecule has 6 nitrogen and oxygen atoms in total. The van der Waals surface area contributed by atoms with Crippen molar-refractivity contribution in [1.29, 1.82) is 0 Å². The van der Waals surface area contributed by atoms with Crippen LogP contribution in [0.15, 0.2) is 23.3 Å². The lowest BCUT2D eigenvalue weighted by molar-refractivity contribution is 0.0703. The van der Waals surface area contributed by atoms with E-state index in [0.717, 1.165) is 61.2 Å². The van der Waals surface area contributed by atoms with Crippen LogP contribution in [0, 0.1) is 6.92 Å². The van der Waals surface area contributed by atoms with Crippen molar-refractivity contribution in [3.05, 3.63) is 57.0 Å². The quantitative estimate of drug-likeness (QED) is 0.900. The van der Waals surface area contributed by atoms with Crippen LogP contribution in [0.3, 0.4) is 0 Å². The molecule has 0 radical (unpaired) electrons. The molecule has 136 valence electrons. The minimum absolute atomic E-state index is 0.162. The second-order valence-corrected chi connectivity index (χ2v) is 7.40. The Bertz CT molecular complexity index is 890. The molecule has 0 aromatic carbocycles. The Morgan fingerprint density at radius 3 is 2.92 bits per heavy atom. The molecule has 1 aliphatic carbocycles. The molecular weight excluding hydrogens is 328 g/mol. The molecule has 26 heavy (non-hydrogen) atoms. The fourth-order valence-electron chi connectivity index (χ4n) is 4.09. The number of carbonyl (C=O) groups excluding carboxylic acids is 1. The van der Waals surface area contributed by atoms with Gasteiger partial charge in [-0.3, -0.25) is 19.6 Å². The van der Waals surface area contributed by atoms with Gasteiger partial charge < -0.3 is 9.88 Å². The Balaban J connectivity index is 1.57. The number of hydrogen-bond acceptors (Lipinski definition) is 4. The highest BCUT2D eigenvalue weighted by atomic mass is 16.2. The number of aromatic nitrogens is 3. The van der Waals surface area contributed by atoms with Crippen molar-refractivity contribution >= 4 is 5.91 Å². The van der Waals surface area contributed by atoms with Crippen LogP contribution in [0.25, 0.3) is 0 Å². The zero-order valence-electron chi connectivity index (χ0n) is 15.1. The number of pyridine rings is 1. The first kappa shape index (κ1) is 16.9. The fraction of sp³-hybridized carbons (Fsp3) is 0.500. The summed E-state index contributed by atoms with van der Waals surface area (Å²) in [6.45, 7) is 3.20. The molecule has 1 saturated heterocycles. The first-order valence-electron chi connectivity index (χ1n) is 9.44. The van der Waals surface area contributed by atoms with Crippen LogP contribution in [-0.2, 0) is 12.8 Å². The van der Waals surface area contributed by atoms with Crippen molar-refractivity contribution in [1.82, 2.24) is 19.9 Å². The van der Waals surface area contributed by atoms with Gasteiger partial charge in [-0.2, -0.15) is 0 Å². The molecule has 1 aliphatic heterocycles. The van der Waals surface area contributed by atoms with E-state index in [2.05, 4.69) is 15.0 Å². The number of aromatic amines is 1. The van der Waals surface area contributed by atoms with Crippen LogP contribution in [0.2, 0.25) is 0 Å². The summed E-state index contributed by atoms with van der Waals surface area (Å²) in [5.74, 6) is 0.0155. The molecule has 3 heterocycles. The van der Waals surface area contributed by atoms with Crippen LogP contribution >= 0.6 is 0 Å². The minimum Gasteiger partial charge on any atom is -0.338 e. The number of aryl methyl sites for hydroxylation is 3. The summed E-state index contributed by atoms with van der Waals surface area (Å²) in [4.78, 5) is 39.0. The van der Waals surface area contributed by atoms with E-state index < -0.39 is 0 Å². The smallest absolute Gasteiger partial charge is 0.261 e. The minimum atomic E-state index is -0.256. The fourth-order valence-corrected chi connectivity index (χ4v) is 4.09. The Kier molecular flexibility index (Phi) is 4.57. The molecule has 1 N–H and O–H groups in total. The van der Waals surface area contributed by atoms with Crippen molar-refractivity contribution in [2.24, 2.45) is 0 Å². The van der Waals surface area contributed by atoms with Gasteiger partial charge in [-0.1, -0.05) is 0 Å². The average molecular weight is 352 g/mol. The molecule has 1 fully saturated rings. The van der Waals surface area contributed by atoms with Gasteiger partial charge in [-0.25, -0.2) is 0 Å².